The van der Waals surface area contributed by atoms with Gasteiger partial charge in [-0.25, -0.2) is 0 Å². The maximum Gasteiger partial charge on any atom is -0.0292 e. The molecular weight excluding hydrogens is 589 g/mol. The quantitative estimate of drug-likeness (QED) is 0.281. The zero-order valence-corrected chi connectivity index (χ0v) is 32.7. The number of fused-ring (bicyclic) bond motifs is 8. The molecule has 0 N–H and O–H groups in total. The van der Waals surface area contributed by atoms with Crippen molar-refractivity contribution in [2.45, 2.75) is 194 Å². The van der Waals surface area contributed by atoms with Crippen molar-refractivity contribution in [1.82, 2.24) is 0 Å². The Bertz CT molecular complexity index is 1130. The molecule has 276 valence electrons. The average molecular weight is 669 g/mol. The average Bonchev–Trinajstić information content (AvgIpc) is 3.39. The molecular formula is C49H80. The fraction of sp³-hybridized carbons (Fsp3) is 1.00. The minimum atomic E-state index is 0.625. The Kier molecular flexibility index (Phi) is 9.38. The molecule has 0 radical (unpaired) electrons. The van der Waals surface area contributed by atoms with E-state index >= 15 is 0 Å². The molecule has 10 fully saturated rings. The van der Waals surface area contributed by atoms with Crippen LogP contribution in [-0.4, -0.2) is 0 Å². The summed E-state index contributed by atoms with van der Waals surface area (Å²) in [4.78, 5) is 0. The lowest BCUT2D eigenvalue weighted by atomic mass is 9.46. The molecule has 0 spiro atoms. The van der Waals surface area contributed by atoms with Crippen molar-refractivity contribution < 1.29 is 0 Å². The summed E-state index contributed by atoms with van der Waals surface area (Å²) in [5, 5.41) is 0. The van der Waals surface area contributed by atoms with Gasteiger partial charge in [-0.2, -0.15) is 0 Å². The molecule has 0 aliphatic heterocycles. The molecule has 10 saturated carbocycles. The third-order valence-electron chi connectivity index (χ3n) is 21.1. The van der Waals surface area contributed by atoms with Gasteiger partial charge in [-0.15, -0.1) is 0 Å². The Hall–Kier alpha value is 0. The van der Waals surface area contributed by atoms with Crippen molar-refractivity contribution in [3.05, 3.63) is 0 Å². The van der Waals surface area contributed by atoms with Crippen molar-refractivity contribution >= 4 is 0 Å². The summed E-state index contributed by atoms with van der Waals surface area (Å²) in [6, 6.07) is 0. The van der Waals surface area contributed by atoms with Crippen LogP contribution in [0, 0.1) is 112 Å². The van der Waals surface area contributed by atoms with Crippen molar-refractivity contribution in [2.75, 3.05) is 0 Å². The second-order valence-electron chi connectivity index (χ2n) is 22.5. The van der Waals surface area contributed by atoms with Gasteiger partial charge in [0.05, 0.1) is 0 Å². The first-order valence-corrected chi connectivity index (χ1v) is 24.1. The highest BCUT2D eigenvalue weighted by molar-refractivity contribution is 5.08. The van der Waals surface area contributed by atoms with Crippen LogP contribution in [0.1, 0.15) is 194 Å². The molecule has 18 unspecified atom stereocenters. The Morgan fingerprint density at radius 1 is 0.245 bits per heavy atom. The predicted molar refractivity (Wildman–Crippen MR) is 206 cm³/mol. The molecule has 0 aromatic carbocycles. The van der Waals surface area contributed by atoms with Crippen LogP contribution in [0.5, 0.6) is 0 Å². The van der Waals surface area contributed by atoms with Crippen LogP contribution in [0.3, 0.4) is 0 Å². The molecule has 0 nitrogen and oxygen atoms in total. The molecule has 0 amide bonds. The fourth-order valence-electron chi connectivity index (χ4n) is 19.6. The van der Waals surface area contributed by atoms with Gasteiger partial charge in [-0.1, -0.05) is 84.5 Å². The highest BCUT2D eigenvalue weighted by Crippen LogP contribution is 2.67. The molecule has 0 heteroatoms. The Balaban J connectivity index is 0.862. The van der Waals surface area contributed by atoms with E-state index in [0.717, 1.165) is 107 Å². The number of hydrogen-bond donors (Lipinski definition) is 0. The smallest absolute Gasteiger partial charge is 0.0292 e. The first kappa shape index (κ1) is 33.6. The van der Waals surface area contributed by atoms with Crippen LogP contribution in [0.15, 0.2) is 0 Å². The zero-order chi connectivity index (χ0) is 32.7. The molecule has 10 rings (SSSR count). The molecule has 49 heavy (non-hydrogen) atoms. The first-order valence-electron chi connectivity index (χ1n) is 24.1. The van der Waals surface area contributed by atoms with E-state index in [-0.39, 0.29) is 0 Å². The molecule has 0 aromatic heterocycles. The minimum absolute atomic E-state index is 0.625. The molecule has 10 aliphatic carbocycles. The summed E-state index contributed by atoms with van der Waals surface area (Å²) < 4.78 is 0. The third-order valence-corrected chi connectivity index (χ3v) is 21.1. The van der Waals surface area contributed by atoms with E-state index < -0.39 is 0 Å². The van der Waals surface area contributed by atoms with Crippen LogP contribution in [0.4, 0.5) is 0 Å². The Labute approximate surface area is 304 Å². The van der Waals surface area contributed by atoms with Gasteiger partial charge in [0.2, 0.25) is 0 Å². The summed E-state index contributed by atoms with van der Waals surface area (Å²) in [6.07, 6.45) is 45.0. The van der Waals surface area contributed by atoms with E-state index in [1.807, 2.05) is 0 Å². The topological polar surface area (TPSA) is 0 Å². The predicted octanol–water partition coefficient (Wildman–Crippen LogP) is 14.2. The van der Waals surface area contributed by atoms with E-state index in [1.54, 1.807) is 173 Å². The maximum atomic E-state index is 2.76. The van der Waals surface area contributed by atoms with Gasteiger partial charge in [-0.3, -0.25) is 0 Å². The lowest BCUT2D eigenvalue weighted by Gasteiger charge is -2.59. The fourth-order valence-corrected chi connectivity index (χ4v) is 19.6. The Morgan fingerprint density at radius 3 is 1.20 bits per heavy atom. The van der Waals surface area contributed by atoms with Crippen molar-refractivity contribution in [2.24, 2.45) is 112 Å². The normalized spacial score (nSPS) is 55.5. The summed E-state index contributed by atoms with van der Waals surface area (Å²) in [5.74, 6) is 20.1. The molecule has 10 aliphatic rings. The molecule has 0 bridgehead atoms. The van der Waals surface area contributed by atoms with Crippen LogP contribution < -0.4 is 0 Å². The molecule has 0 heterocycles. The van der Waals surface area contributed by atoms with Gasteiger partial charge in [0.1, 0.15) is 0 Å². The number of hydrogen-bond acceptors (Lipinski definition) is 0. The monoisotopic (exact) mass is 669 g/mol. The zero-order valence-electron chi connectivity index (χ0n) is 32.7. The van der Waals surface area contributed by atoms with Crippen LogP contribution in [0.25, 0.3) is 0 Å². The lowest BCUT2D eigenvalue weighted by Crippen LogP contribution is -2.51. The standard InChI is InChI=1S/C49H80/c1-49(2)47-24-10-9-19-44(47)45-26-25-32(30-48(45)49)34-27-28-43(37-17-7-5-16-36(34)37)40-22-11-21-39-38(40)20-12-23-42(39)46-29-31-13-3-4-14-33(31)35-15-6-8-18-41(35)46/h31-48H,3-30H2,1-2H3. The molecule has 0 saturated heterocycles. The van der Waals surface area contributed by atoms with Crippen molar-refractivity contribution in [3.63, 3.8) is 0 Å². The third kappa shape index (κ3) is 5.66. The Morgan fingerprint density at radius 2 is 0.592 bits per heavy atom. The molecule has 0 aromatic rings. The summed E-state index contributed by atoms with van der Waals surface area (Å²) >= 11 is 0. The van der Waals surface area contributed by atoms with E-state index in [1.165, 1.54) is 6.42 Å². The van der Waals surface area contributed by atoms with E-state index in [9.17, 15) is 0 Å². The largest absolute Gasteiger partial charge is 0.0594 e. The van der Waals surface area contributed by atoms with Crippen molar-refractivity contribution in [3.8, 4) is 0 Å². The van der Waals surface area contributed by atoms with Gasteiger partial charge in [-0.05, 0) is 221 Å². The van der Waals surface area contributed by atoms with Gasteiger partial charge in [0.15, 0.2) is 0 Å². The SMILES string of the molecule is CC1(C)C2CCCCC2C2CCC(C3CCC(C4CCCC5C(C6CC7CCCCC7C7CCCCC76)CCCC45)C4CCCCC34)CC21. The van der Waals surface area contributed by atoms with Crippen LogP contribution >= 0.6 is 0 Å². The van der Waals surface area contributed by atoms with Gasteiger partial charge < -0.3 is 0 Å². The van der Waals surface area contributed by atoms with Crippen molar-refractivity contribution in [1.29, 1.82) is 0 Å². The van der Waals surface area contributed by atoms with Crippen LogP contribution in [-0.2, 0) is 0 Å². The van der Waals surface area contributed by atoms with Crippen LogP contribution in [0.2, 0.25) is 0 Å². The number of rotatable bonds is 3. The summed E-state index contributed by atoms with van der Waals surface area (Å²) in [5.41, 5.74) is 0.625. The highest BCUT2D eigenvalue weighted by atomic mass is 14.6. The maximum absolute atomic E-state index is 2.76. The summed E-state index contributed by atoms with van der Waals surface area (Å²) in [6.45, 7) is 5.52. The van der Waals surface area contributed by atoms with E-state index in [4.69, 9.17) is 0 Å². The van der Waals surface area contributed by atoms with E-state index in [0.29, 0.717) is 5.41 Å². The highest BCUT2D eigenvalue weighted by Gasteiger charge is 2.59. The summed E-state index contributed by atoms with van der Waals surface area (Å²) in [7, 11) is 0. The van der Waals surface area contributed by atoms with E-state index in [2.05, 4.69) is 13.8 Å². The second kappa shape index (κ2) is 13.7. The van der Waals surface area contributed by atoms with Gasteiger partial charge in [0, 0.05) is 0 Å². The second-order valence-corrected chi connectivity index (χ2v) is 22.5. The minimum Gasteiger partial charge on any atom is -0.0594 e. The van der Waals surface area contributed by atoms with Gasteiger partial charge >= 0.3 is 0 Å². The lowest BCUT2D eigenvalue weighted by molar-refractivity contribution is -0.0956. The van der Waals surface area contributed by atoms with Gasteiger partial charge in [0.25, 0.3) is 0 Å². The molecule has 18 atom stereocenters. The first-order chi connectivity index (χ1) is 24.1.